The number of amides is 1. The summed E-state index contributed by atoms with van der Waals surface area (Å²) in [5.41, 5.74) is 1.87. The number of hydrogen-bond donors (Lipinski definition) is 0. The zero-order chi connectivity index (χ0) is 17.5. The largest absolute Gasteiger partial charge is 0.494 e. The minimum atomic E-state index is -0.0319. The minimum absolute atomic E-state index is 0.0319. The quantitative estimate of drug-likeness (QED) is 0.750. The van der Waals surface area contributed by atoms with E-state index in [0.29, 0.717) is 19.8 Å². The maximum absolute atomic E-state index is 12.8. The molecule has 0 spiro atoms. The van der Waals surface area contributed by atoms with Crippen molar-refractivity contribution in [3.63, 3.8) is 0 Å². The van der Waals surface area contributed by atoms with Gasteiger partial charge in [-0.05, 0) is 49.2 Å². The molecule has 4 nitrogen and oxygen atoms in total. The number of rotatable bonds is 6. The lowest BCUT2D eigenvalue weighted by Gasteiger charge is -2.27. The predicted octanol–water partition coefficient (Wildman–Crippen LogP) is 3.92. The summed E-state index contributed by atoms with van der Waals surface area (Å²) < 4.78 is 10.9. The average molecular weight is 337 g/mol. The van der Waals surface area contributed by atoms with Gasteiger partial charge in [0.25, 0.3) is 5.91 Å². The molecule has 0 saturated carbocycles. The van der Waals surface area contributed by atoms with Crippen LogP contribution in [0.4, 0.5) is 5.69 Å². The molecule has 1 saturated heterocycles. The van der Waals surface area contributed by atoms with Crippen LogP contribution in [-0.4, -0.2) is 31.8 Å². The number of carbonyl (C=O) groups is 1. The summed E-state index contributed by atoms with van der Waals surface area (Å²) in [7, 11) is 0. The topological polar surface area (TPSA) is 38.8 Å². The Labute approximate surface area is 148 Å². The lowest BCUT2D eigenvalue weighted by molar-refractivity contribution is -0.114. The predicted molar refractivity (Wildman–Crippen MR) is 99.8 cm³/mol. The molecule has 0 radical (unpaired) electrons. The Bertz CT molecular complexity index is 704. The molecule has 130 valence electrons. The fourth-order valence-corrected chi connectivity index (χ4v) is 2.92. The van der Waals surface area contributed by atoms with Gasteiger partial charge >= 0.3 is 0 Å². The summed E-state index contributed by atoms with van der Waals surface area (Å²) in [5, 5.41) is 0. The second kappa shape index (κ2) is 8.49. The number of anilines is 1. The molecule has 1 aliphatic rings. The smallest absolute Gasteiger partial charge is 0.251 e. The van der Waals surface area contributed by atoms with Gasteiger partial charge in [0, 0.05) is 18.4 Å². The number of hydrogen-bond acceptors (Lipinski definition) is 3. The number of para-hydroxylation sites is 1. The second-order valence-corrected chi connectivity index (χ2v) is 5.90. The molecule has 1 amide bonds. The van der Waals surface area contributed by atoms with Gasteiger partial charge in [-0.3, -0.25) is 4.79 Å². The van der Waals surface area contributed by atoms with Crippen LogP contribution in [0, 0.1) is 0 Å². The van der Waals surface area contributed by atoms with Gasteiger partial charge in [-0.2, -0.15) is 0 Å². The number of nitrogens with zero attached hydrogens (tertiary/aromatic N) is 1. The zero-order valence-corrected chi connectivity index (χ0v) is 14.4. The van der Waals surface area contributed by atoms with E-state index >= 15 is 0 Å². The summed E-state index contributed by atoms with van der Waals surface area (Å²) in [4.78, 5) is 14.7. The first-order valence-corrected chi connectivity index (χ1v) is 8.65. The molecule has 0 N–H and O–H groups in total. The number of ether oxygens (including phenoxy) is 2. The Morgan fingerprint density at radius 2 is 1.96 bits per heavy atom. The van der Waals surface area contributed by atoms with Crippen LogP contribution in [-0.2, 0) is 9.53 Å². The van der Waals surface area contributed by atoms with Crippen molar-refractivity contribution in [2.75, 3.05) is 24.7 Å². The van der Waals surface area contributed by atoms with Crippen LogP contribution >= 0.6 is 0 Å². The van der Waals surface area contributed by atoms with Crippen molar-refractivity contribution in [2.45, 2.75) is 19.4 Å². The highest BCUT2D eigenvalue weighted by atomic mass is 16.5. The summed E-state index contributed by atoms with van der Waals surface area (Å²) in [6, 6.07) is 17.6. The SMILES string of the molecule is CCOc1ccc(/C=C/C(=O)N(c2ccccc2)C2CCOC2)cc1. The van der Waals surface area contributed by atoms with Crippen molar-refractivity contribution in [3.05, 3.63) is 66.2 Å². The van der Waals surface area contributed by atoms with Crippen LogP contribution in [0.25, 0.3) is 6.08 Å². The Morgan fingerprint density at radius 3 is 2.60 bits per heavy atom. The van der Waals surface area contributed by atoms with Gasteiger partial charge in [0.15, 0.2) is 0 Å². The monoisotopic (exact) mass is 337 g/mol. The molecule has 25 heavy (non-hydrogen) atoms. The molecule has 1 atom stereocenters. The molecule has 0 bridgehead atoms. The van der Waals surface area contributed by atoms with E-state index in [1.54, 1.807) is 6.08 Å². The number of benzene rings is 2. The van der Waals surface area contributed by atoms with Crippen LogP contribution in [0.1, 0.15) is 18.9 Å². The third-order valence-corrected chi connectivity index (χ3v) is 4.15. The van der Waals surface area contributed by atoms with Gasteiger partial charge in [0.1, 0.15) is 5.75 Å². The van der Waals surface area contributed by atoms with E-state index in [-0.39, 0.29) is 11.9 Å². The molecular formula is C21H23NO3. The maximum atomic E-state index is 12.8. The number of carbonyl (C=O) groups excluding carboxylic acids is 1. The molecule has 3 rings (SSSR count). The van der Waals surface area contributed by atoms with Gasteiger partial charge in [0.2, 0.25) is 0 Å². The Balaban J connectivity index is 1.75. The molecule has 1 aliphatic heterocycles. The summed E-state index contributed by atoms with van der Waals surface area (Å²) in [6.45, 7) is 3.88. The van der Waals surface area contributed by atoms with E-state index in [4.69, 9.17) is 9.47 Å². The van der Waals surface area contributed by atoms with Crippen molar-refractivity contribution >= 4 is 17.7 Å². The fourth-order valence-electron chi connectivity index (χ4n) is 2.92. The van der Waals surface area contributed by atoms with Gasteiger partial charge in [0.05, 0.1) is 19.3 Å². The molecule has 2 aromatic carbocycles. The zero-order valence-electron chi connectivity index (χ0n) is 14.4. The second-order valence-electron chi connectivity index (χ2n) is 5.90. The van der Waals surface area contributed by atoms with Gasteiger partial charge in [-0.1, -0.05) is 30.3 Å². The summed E-state index contributed by atoms with van der Waals surface area (Å²) in [6.07, 6.45) is 4.32. The van der Waals surface area contributed by atoms with Crippen molar-refractivity contribution in [3.8, 4) is 5.75 Å². The third kappa shape index (κ3) is 4.48. The Hall–Kier alpha value is -2.59. The van der Waals surface area contributed by atoms with Crippen LogP contribution in [0.2, 0.25) is 0 Å². The Morgan fingerprint density at radius 1 is 1.20 bits per heavy atom. The Kier molecular flexibility index (Phi) is 5.86. The van der Waals surface area contributed by atoms with E-state index in [1.807, 2.05) is 72.5 Å². The highest BCUT2D eigenvalue weighted by molar-refractivity contribution is 6.04. The molecular weight excluding hydrogens is 314 g/mol. The first-order valence-electron chi connectivity index (χ1n) is 8.65. The van der Waals surface area contributed by atoms with E-state index in [9.17, 15) is 4.79 Å². The van der Waals surface area contributed by atoms with Crippen molar-refractivity contribution in [1.29, 1.82) is 0 Å². The van der Waals surface area contributed by atoms with Crippen molar-refractivity contribution in [1.82, 2.24) is 0 Å². The lowest BCUT2D eigenvalue weighted by Crippen LogP contribution is -2.40. The average Bonchev–Trinajstić information content (AvgIpc) is 3.17. The fraction of sp³-hybridized carbons (Fsp3) is 0.286. The van der Waals surface area contributed by atoms with Gasteiger partial charge < -0.3 is 14.4 Å². The van der Waals surface area contributed by atoms with E-state index in [2.05, 4.69) is 0 Å². The van der Waals surface area contributed by atoms with Crippen molar-refractivity contribution < 1.29 is 14.3 Å². The lowest BCUT2D eigenvalue weighted by atomic mass is 10.1. The van der Waals surface area contributed by atoms with Crippen LogP contribution in [0.3, 0.4) is 0 Å². The first-order chi connectivity index (χ1) is 12.3. The van der Waals surface area contributed by atoms with Crippen LogP contribution < -0.4 is 9.64 Å². The molecule has 2 aromatic rings. The minimum Gasteiger partial charge on any atom is -0.494 e. The molecule has 1 heterocycles. The van der Waals surface area contributed by atoms with Gasteiger partial charge in [-0.15, -0.1) is 0 Å². The van der Waals surface area contributed by atoms with Crippen LogP contribution in [0.5, 0.6) is 5.75 Å². The third-order valence-electron chi connectivity index (χ3n) is 4.15. The normalized spacial score (nSPS) is 16.9. The molecule has 4 heteroatoms. The van der Waals surface area contributed by atoms with Gasteiger partial charge in [-0.25, -0.2) is 0 Å². The summed E-state index contributed by atoms with van der Waals surface area (Å²) in [5.74, 6) is 0.801. The summed E-state index contributed by atoms with van der Waals surface area (Å²) >= 11 is 0. The van der Waals surface area contributed by atoms with Crippen LogP contribution in [0.15, 0.2) is 60.7 Å². The highest BCUT2D eigenvalue weighted by Crippen LogP contribution is 2.22. The molecule has 1 unspecified atom stereocenters. The first kappa shape index (κ1) is 17.2. The maximum Gasteiger partial charge on any atom is 0.251 e. The molecule has 0 aliphatic carbocycles. The highest BCUT2D eigenvalue weighted by Gasteiger charge is 2.27. The van der Waals surface area contributed by atoms with E-state index < -0.39 is 0 Å². The van der Waals surface area contributed by atoms with E-state index in [1.165, 1.54) is 0 Å². The van der Waals surface area contributed by atoms with Crippen molar-refractivity contribution in [2.24, 2.45) is 0 Å². The molecule has 1 fully saturated rings. The standard InChI is InChI=1S/C21H23NO3/c1-2-25-20-11-8-17(9-12-20)10-13-21(23)22(19-14-15-24-16-19)18-6-4-3-5-7-18/h3-13,19H,2,14-16H2,1H3/b13-10+. The molecule has 0 aromatic heterocycles. The van der Waals surface area contributed by atoms with E-state index in [0.717, 1.165) is 23.4 Å².